The first-order valence-electron chi connectivity index (χ1n) is 6.12. The van der Waals surface area contributed by atoms with Crippen molar-refractivity contribution in [1.82, 2.24) is 9.88 Å². The van der Waals surface area contributed by atoms with Crippen LogP contribution < -0.4 is 0 Å². The standard InChI is InChI=1S/C12H15F3N2OS/c1-8-7-16-11(19-8)9-2-4-17(5-3-9)10(18)6-12(13,14)15/h7,9H,2-6H2,1H3. The smallest absolute Gasteiger partial charge is 0.342 e. The molecule has 0 saturated carbocycles. The van der Waals surface area contributed by atoms with E-state index in [2.05, 4.69) is 4.98 Å². The number of carbonyl (C=O) groups excluding carboxylic acids is 1. The first kappa shape index (κ1) is 14.3. The summed E-state index contributed by atoms with van der Waals surface area (Å²) in [6, 6.07) is 0. The molecule has 19 heavy (non-hydrogen) atoms. The second-order valence-corrected chi connectivity index (χ2v) is 6.02. The topological polar surface area (TPSA) is 33.2 Å². The van der Waals surface area contributed by atoms with Crippen LogP contribution in [-0.2, 0) is 4.79 Å². The number of nitrogens with zero attached hydrogens (tertiary/aromatic N) is 2. The molecule has 106 valence electrons. The Hall–Kier alpha value is -1.11. The zero-order chi connectivity index (χ0) is 14.0. The Morgan fingerprint density at radius 2 is 2.11 bits per heavy atom. The van der Waals surface area contributed by atoms with Crippen LogP contribution in [-0.4, -0.2) is 35.1 Å². The van der Waals surface area contributed by atoms with Crippen molar-refractivity contribution in [2.75, 3.05) is 13.1 Å². The van der Waals surface area contributed by atoms with Gasteiger partial charge in [-0.25, -0.2) is 4.98 Å². The number of hydrogen-bond donors (Lipinski definition) is 0. The summed E-state index contributed by atoms with van der Waals surface area (Å²) in [7, 11) is 0. The van der Waals surface area contributed by atoms with Crippen LogP contribution in [0.25, 0.3) is 0 Å². The van der Waals surface area contributed by atoms with Crippen LogP contribution in [0.1, 0.15) is 35.1 Å². The summed E-state index contributed by atoms with van der Waals surface area (Å²) in [5.41, 5.74) is 0. The number of halogens is 3. The molecule has 1 aliphatic heterocycles. The molecule has 0 spiro atoms. The highest BCUT2D eigenvalue weighted by Crippen LogP contribution is 2.31. The lowest BCUT2D eigenvalue weighted by atomic mass is 9.97. The van der Waals surface area contributed by atoms with Crippen LogP contribution in [0.2, 0.25) is 0 Å². The third-order valence-electron chi connectivity index (χ3n) is 3.19. The fourth-order valence-electron chi connectivity index (χ4n) is 2.22. The number of carbonyl (C=O) groups is 1. The van der Waals surface area contributed by atoms with Gasteiger partial charge >= 0.3 is 6.18 Å². The van der Waals surface area contributed by atoms with E-state index < -0.39 is 18.5 Å². The van der Waals surface area contributed by atoms with E-state index in [0.717, 1.165) is 9.88 Å². The number of aromatic nitrogens is 1. The van der Waals surface area contributed by atoms with Gasteiger partial charge in [0.25, 0.3) is 0 Å². The Morgan fingerprint density at radius 1 is 1.47 bits per heavy atom. The lowest BCUT2D eigenvalue weighted by Crippen LogP contribution is -2.39. The van der Waals surface area contributed by atoms with Gasteiger partial charge in [-0.05, 0) is 19.8 Å². The second kappa shape index (κ2) is 5.48. The molecule has 0 aliphatic carbocycles. The lowest BCUT2D eigenvalue weighted by molar-refractivity contribution is -0.162. The molecular weight excluding hydrogens is 277 g/mol. The predicted molar refractivity (Wildman–Crippen MR) is 66.1 cm³/mol. The number of piperidine rings is 1. The fourth-order valence-corrected chi connectivity index (χ4v) is 3.16. The highest BCUT2D eigenvalue weighted by Gasteiger charge is 2.35. The number of rotatable bonds is 2. The molecule has 0 atom stereocenters. The van der Waals surface area contributed by atoms with E-state index in [1.165, 1.54) is 4.90 Å². The van der Waals surface area contributed by atoms with Gasteiger partial charge in [0.2, 0.25) is 5.91 Å². The molecule has 0 bridgehead atoms. The molecule has 3 nitrogen and oxygen atoms in total. The van der Waals surface area contributed by atoms with Crippen LogP contribution in [0.15, 0.2) is 6.20 Å². The molecule has 1 saturated heterocycles. The molecule has 1 fully saturated rings. The van der Waals surface area contributed by atoms with Gasteiger partial charge in [-0.3, -0.25) is 4.79 Å². The van der Waals surface area contributed by atoms with Gasteiger partial charge in [0.1, 0.15) is 6.42 Å². The highest BCUT2D eigenvalue weighted by atomic mass is 32.1. The van der Waals surface area contributed by atoms with Crippen LogP contribution in [0.3, 0.4) is 0 Å². The van der Waals surface area contributed by atoms with Crippen molar-refractivity contribution in [3.05, 3.63) is 16.1 Å². The van der Waals surface area contributed by atoms with E-state index >= 15 is 0 Å². The van der Waals surface area contributed by atoms with Crippen LogP contribution in [0.4, 0.5) is 13.2 Å². The normalized spacial score (nSPS) is 17.8. The van der Waals surface area contributed by atoms with Crippen molar-refractivity contribution < 1.29 is 18.0 Å². The van der Waals surface area contributed by atoms with Crippen LogP contribution in [0.5, 0.6) is 0 Å². The second-order valence-electron chi connectivity index (χ2n) is 4.76. The summed E-state index contributed by atoms with van der Waals surface area (Å²) < 4.78 is 36.4. The van der Waals surface area contributed by atoms with Gasteiger partial charge in [-0.2, -0.15) is 13.2 Å². The number of amides is 1. The number of aryl methyl sites for hydroxylation is 1. The average Bonchev–Trinajstić information content (AvgIpc) is 2.74. The van der Waals surface area contributed by atoms with Crippen molar-refractivity contribution in [2.24, 2.45) is 0 Å². The maximum absolute atomic E-state index is 12.1. The van der Waals surface area contributed by atoms with E-state index in [1.807, 2.05) is 6.92 Å². The van der Waals surface area contributed by atoms with Gasteiger partial charge in [0.15, 0.2) is 0 Å². The Morgan fingerprint density at radius 3 is 2.58 bits per heavy atom. The maximum Gasteiger partial charge on any atom is 0.397 e. The predicted octanol–water partition coefficient (Wildman–Crippen LogP) is 3.11. The minimum atomic E-state index is -4.42. The van der Waals surface area contributed by atoms with Gasteiger partial charge in [-0.1, -0.05) is 0 Å². The van der Waals surface area contributed by atoms with Crippen LogP contribution >= 0.6 is 11.3 Å². The summed E-state index contributed by atoms with van der Waals surface area (Å²) >= 11 is 1.62. The first-order valence-corrected chi connectivity index (χ1v) is 6.93. The van der Waals surface area contributed by atoms with E-state index in [4.69, 9.17) is 0 Å². The van der Waals surface area contributed by atoms with Crippen LogP contribution in [0, 0.1) is 6.92 Å². The minimum Gasteiger partial charge on any atom is -0.342 e. The average molecular weight is 292 g/mol. The van der Waals surface area contributed by atoms with Gasteiger partial charge in [-0.15, -0.1) is 11.3 Å². The van der Waals surface area contributed by atoms with Crippen molar-refractivity contribution in [3.63, 3.8) is 0 Å². The fraction of sp³-hybridized carbons (Fsp3) is 0.667. The van der Waals surface area contributed by atoms with Gasteiger partial charge < -0.3 is 4.90 Å². The van der Waals surface area contributed by atoms with E-state index in [1.54, 1.807) is 17.5 Å². The molecule has 1 aliphatic rings. The van der Waals surface area contributed by atoms with Crippen molar-refractivity contribution >= 4 is 17.2 Å². The molecule has 0 aromatic carbocycles. The number of hydrogen-bond acceptors (Lipinski definition) is 3. The summed E-state index contributed by atoms with van der Waals surface area (Å²) in [5.74, 6) is -0.546. The largest absolute Gasteiger partial charge is 0.397 e. The summed E-state index contributed by atoms with van der Waals surface area (Å²) in [4.78, 5) is 18.2. The highest BCUT2D eigenvalue weighted by molar-refractivity contribution is 7.11. The number of likely N-dealkylation sites (tertiary alicyclic amines) is 1. The number of thiazole rings is 1. The Labute approximate surface area is 113 Å². The van der Waals surface area contributed by atoms with Gasteiger partial charge in [0.05, 0.1) is 5.01 Å². The summed E-state index contributed by atoms with van der Waals surface area (Å²) in [6.45, 7) is 2.75. The molecule has 1 amide bonds. The molecule has 2 rings (SSSR count). The third-order valence-corrected chi connectivity index (χ3v) is 4.26. The maximum atomic E-state index is 12.1. The van der Waals surface area contributed by atoms with E-state index in [9.17, 15) is 18.0 Å². The molecule has 1 aromatic heterocycles. The SMILES string of the molecule is Cc1cnc(C2CCN(C(=O)CC(F)(F)F)CC2)s1. The Bertz CT molecular complexity index is 450. The lowest BCUT2D eigenvalue weighted by Gasteiger charge is -2.31. The molecule has 0 unspecified atom stereocenters. The molecule has 1 aromatic rings. The number of alkyl halides is 3. The van der Waals surface area contributed by atoms with E-state index in [-0.39, 0.29) is 5.92 Å². The first-order chi connectivity index (χ1) is 8.85. The van der Waals surface area contributed by atoms with E-state index in [0.29, 0.717) is 25.9 Å². The Kier molecular flexibility index (Phi) is 4.13. The summed E-state index contributed by atoms with van der Waals surface area (Å²) in [5, 5.41) is 1.03. The summed E-state index contributed by atoms with van der Waals surface area (Å²) in [6.07, 6.45) is -2.58. The Balaban J connectivity index is 1.87. The quantitative estimate of drug-likeness (QED) is 0.839. The molecule has 0 radical (unpaired) electrons. The zero-order valence-corrected chi connectivity index (χ0v) is 11.4. The molecule has 0 N–H and O–H groups in total. The van der Waals surface area contributed by atoms with Gasteiger partial charge in [0, 0.05) is 30.1 Å². The molecule has 7 heteroatoms. The minimum absolute atomic E-state index is 0.272. The van der Waals surface area contributed by atoms with Crippen molar-refractivity contribution in [2.45, 2.75) is 38.3 Å². The zero-order valence-electron chi connectivity index (χ0n) is 10.5. The molecular formula is C12H15F3N2OS. The van der Waals surface area contributed by atoms with Crippen molar-refractivity contribution in [1.29, 1.82) is 0 Å². The monoisotopic (exact) mass is 292 g/mol. The third kappa shape index (κ3) is 3.92. The molecule has 2 heterocycles. The van der Waals surface area contributed by atoms with Crippen molar-refractivity contribution in [3.8, 4) is 0 Å².